The van der Waals surface area contributed by atoms with Crippen molar-refractivity contribution in [2.75, 3.05) is 12.4 Å². The van der Waals surface area contributed by atoms with Crippen LogP contribution in [0.5, 0.6) is 0 Å². The summed E-state index contributed by atoms with van der Waals surface area (Å²) in [7, 11) is 0. The zero-order chi connectivity index (χ0) is 15.0. The number of nitrogens with two attached hydrogens (primary N) is 1. The zero-order valence-corrected chi connectivity index (χ0v) is 12.8. The fourth-order valence-corrected chi connectivity index (χ4v) is 2.86. The van der Waals surface area contributed by atoms with Gasteiger partial charge in [-0.3, -0.25) is 4.79 Å². The number of nitriles is 1. The first-order chi connectivity index (χ1) is 9.58. The largest absolute Gasteiger partial charge is 0.465 e. The van der Waals surface area contributed by atoms with Crippen molar-refractivity contribution in [3.8, 4) is 6.07 Å². The number of nitrogens with zero attached hydrogens (tertiary/aromatic N) is 1. The third-order valence-corrected chi connectivity index (χ3v) is 3.99. The van der Waals surface area contributed by atoms with Gasteiger partial charge in [0.15, 0.2) is 0 Å². The molecule has 0 saturated carbocycles. The van der Waals surface area contributed by atoms with Gasteiger partial charge in [0.25, 0.3) is 0 Å². The van der Waals surface area contributed by atoms with E-state index in [-0.39, 0.29) is 5.97 Å². The highest BCUT2D eigenvalue weighted by atomic mass is 35.5. The Bertz CT molecular complexity index is 502. The molecule has 1 rings (SSSR count). The molecule has 1 unspecified atom stereocenters. The summed E-state index contributed by atoms with van der Waals surface area (Å²) in [6.07, 6.45) is 0.567. The van der Waals surface area contributed by atoms with Crippen LogP contribution in [0.2, 0.25) is 5.02 Å². The Morgan fingerprint density at radius 3 is 2.95 bits per heavy atom. The highest BCUT2D eigenvalue weighted by molar-refractivity contribution is 7.98. The van der Waals surface area contributed by atoms with Crippen molar-refractivity contribution in [2.24, 2.45) is 5.73 Å². The normalized spacial score (nSPS) is 11.7. The lowest BCUT2D eigenvalue weighted by atomic mass is 10.2. The predicted octanol–water partition coefficient (Wildman–Crippen LogP) is 2.73. The van der Waals surface area contributed by atoms with E-state index >= 15 is 0 Å². The number of hydrogen-bond donors (Lipinski definition) is 1. The number of carbonyl (C=O) groups excluding carboxylic acids is 1. The monoisotopic (exact) mass is 312 g/mol. The summed E-state index contributed by atoms with van der Waals surface area (Å²) >= 11 is 7.72. The Hall–Kier alpha value is -1.22. The van der Waals surface area contributed by atoms with E-state index in [2.05, 4.69) is 0 Å². The minimum absolute atomic E-state index is 0.348. The number of thioether (sulfide) groups is 1. The summed E-state index contributed by atoms with van der Waals surface area (Å²) in [5, 5.41) is 9.34. The van der Waals surface area contributed by atoms with Crippen molar-refractivity contribution in [2.45, 2.75) is 25.1 Å². The molecule has 108 valence electrons. The van der Waals surface area contributed by atoms with Gasteiger partial charge >= 0.3 is 5.97 Å². The number of benzene rings is 1. The van der Waals surface area contributed by atoms with E-state index in [0.29, 0.717) is 23.6 Å². The molecule has 0 radical (unpaired) electrons. The summed E-state index contributed by atoms with van der Waals surface area (Å²) in [4.78, 5) is 11.3. The molecule has 0 aliphatic carbocycles. The maximum atomic E-state index is 11.3. The van der Waals surface area contributed by atoms with Crippen LogP contribution in [-0.2, 0) is 15.3 Å². The van der Waals surface area contributed by atoms with Crippen LogP contribution in [0.4, 0.5) is 0 Å². The molecule has 1 aromatic carbocycles. The maximum Gasteiger partial charge on any atom is 0.322 e. The number of halogens is 1. The van der Waals surface area contributed by atoms with Crippen molar-refractivity contribution < 1.29 is 9.53 Å². The molecule has 0 fully saturated rings. The molecule has 0 saturated heterocycles. The summed E-state index contributed by atoms with van der Waals surface area (Å²) in [5.41, 5.74) is 7.22. The summed E-state index contributed by atoms with van der Waals surface area (Å²) in [5.74, 6) is 1.11. The molecule has 1 atom stereocenters. The van der Waals surface area contributed by atoms with Crippen molar-refractivity contribution in [3.05, 3.63) is 34.3 Å². The second-order valence-corrected chi connectivity index (χ2v) is 5.63. The van der Waals surface area contributed by atoms with Gasteiger partial charge in [0.05, 0.1) is 18.2 Å². The summed E-state index contributed by atoms with van der Waals surface area (Å²) < 4.78 is 4.84. The Morgan fingerprint density at radius 2 is 2.35 bits per heavy atom. The van der Waals surface area contributed by atoms with Gasteiger partial charge in [0, 0.05) is 10.8 Å². The third kappa shape index (κ3) is 5.41. The first kappa shape index (κ1) is 16.8. The third-order valence-electron chi connectivity index (χ3n) is 2.60. The molecule has 2 N–H and O–H groups in total. The fourth-order valence-electron chi connectivity index (χ4n) is 1.49. The minimum atomic E-state index is -0.570. The van der Waals surface area contributed by atoms with Gasteiger partial charge < -0.3 is 10.5 Å². The van der Waals surface area contributed by atoms with Crippen LogP contribution in [0.15, 0.2) is 18.2 Å². The lowest BCUT2D eigenvalue weighted by molar-refractivity contribution is -0.144. The van der Waals surface area contributed by atoms with Crippen molar-refractivity contribution in [3.63, 3.8) is 0 Å². The summed E-state index contributed by atoms with van der Waals surface area (Å²) in [6.45, 7) is 2.10. The molecule has 0 aliphatic rings. The van der Waals surface area contributed by atoms with E-state index < -0.39 is 6.04 Å². The van der Waals surface area contributed by atoms with Crippen LogP contribution in [-0.4, -0.2) is 24.4 Å². The molecule has 0 spiro atoms. The first-order valence-corrected chi connectivity index (χ1v) is 7.80. The molecular weight excluding hydrogens is 296 g/mol. The van der Waals surface area contributed by atoms with Gasteiger partial charge in [-0.1, -0.05) is 17.7 Å². The Labute approximate surface area is 128 Å². The van der Waals surface area contributed by atoms with E-state index in [1.54, 1.807) is 30.8 Å². The number of ether oxygens (including phenoxy) is 1. The molecule has 1 aromatic rings. The minimum Gasteiger partial charge on any atom is -0.465 e. The molecule has 0 aromatic heterocycles. The quantitative estimate of drug-likeness (QED) is 0.619. The van der Waals surface area contributed by atoms with E-state index in [1.165, 1.54) is 0 Å². The highest BCUT2D eigenvalue weighted by Gasteiger charge is 2.13. The van der Waals surface area contributed by atoms with Gasteiger partial charge in [-0.2, -0.15) is 17.0 Å². The number of rotatable bonds is 7. The van der Waals surface area contributed by atoms with E-state index in [4.69, 9.17) is 27.3 Å². The Balaban J connectivity index is 2.35. The second-order valence-electron chi connectivity index (χ2n) is 4.12. The topological polar surface area (TPSA) is 76.1 Å². The smallest absolute Gasteiger partial charge is 0.322 e. The molecule has 0 amide bonds. The van der Waals surface area contributed by atoms with Crippen molar-refractivity contribution in [1.82, 2.24) is 0 Å². The SMILES string of the molecule is CCOC(=O)C(N)CCSCc1ccc(C#N)cc1Cl. The van der Waals surface area contributed by atoms with Crippen LogP contribution < -0.4 is 5.73 Å². The van der Waals surface area contributed by atoms with Crippen LogP contribution in [0, 0.1) is 11.3 Å². The average Bonchev–Trinajstić information content (AvgIpc) is 2.44. The van der Waals surface area contributed by atoms with Gasteiger partial charge in [0.1, 0.15) is 6.04 Å². The van der Waals surface area contributed by atoms with Gasteiger partial charge in [-0.05, 0) is 36.8 Å². The van der Waals surface area contributed by atoms with Gasteiger partial charge in [0.2, 0.25) is 0 Å². The van der Waals surface area contributed by atoms with Crippen LogP contribution in [0.25, 0.3) is 0 Å². The van der Waals surface area contributed by atoms with Crippen LogP contribution in [0.1, 0.15) is 24.5 Å². The van der Waals surface area contributed by atoms with Crippen molar-refractivity contribution in [1.29, 1.82) is 5.26 Å². The fraction of sp³-hybridized carbons (Fsp3) is 0.429. The molecular formula is C14H17ClN2O2S. The van der Waals surface area contributed by atoms with Crippen molar-refractivity contribution >= 4 is 29.3 Å². The Morgan fingerprint density at radius 1 is 1.60 bits per heavy atom. The van der Waals surface area contributed by atoms with E-state index in [9.17, 15) is 4.79 Å². The van der Waals surface area contributed by atoms with Crippen LogP contribution >= 0.6 is 23.4 Å². The van der Waals surface area contributed by atoms with E-state index in [1.807, 2.05) is 12.1 Å². The first-order valence-electron chi connectivity index (χ1n) is 6.27. The second kappa shape index (κ2) is 8.85. The lowest BCUT2D eigenvalue weighted by Crippen LogP contribution is -2.32. The molecule has 20 heavy (non-hydrogen) atoms. The van der Waals surface area contributed by atoms with E-state index in [0.717, 1.165) is 17.1 Å². The standard InChI is InChI=1S/C14H17ClN2O2S/c1-2-19-14(18)13(17)5-6-20-9-11-4-3-10(8-16)7-12(11)15/h3-4,7,13H,2,5-6,9,17H2,1H3. The predicted molar refractivity (Wildman–Crippen MR) is 81.6 cm³/mol. The maximum absolute atomic E-state index is 11.3. The number of carbonyl (C=O) groups is 1. The number of hydrogen-bond acceptors (Lipinski definition) is 5. The van der Waals surface area contributed by atoms with Gasteiger partial charge in [-0.25, -0.2) is 0 Å². The average molecular weight is 313 g/mol. The lowest BCUT2D eigenvalue weighted by Gasteiger charge is -2.10. The number of esters is 1. The van der Waals surface area contributed by atoms with Crippen LogP contribution in [0.3, 0.4) is 0 Å². The molecule has 4 nitrogen and oxygen atoms in total. The Kier molecular flexibility index (Phi) is 7.45. The molecule has 0 aliphatic heterocycles. The van der Waals surface area contributed by atoms with Gasteiger partial charge in [-0.15, -0.1) is 0 Å². The summed E-state index contributed by atoms with van der Waals surface area (Å²) in [6, 6.07) is 6.72. The molecule has 6 heteroatoms. The molecule has 0 heterocycles. The molecule has 0 bridgehead atoms. The highest BCUT2D eigenvalue weighted by Crippen LogP contribution is 2.23. The zero-order valence-electron chi connectivity index (χ0n) is 11.3.